The minimum absolute atomic E-state index is 0.828. The second kappa shape index (κ2) is 7.74. The van der Waals surface area contributed by atoms with Crippen molar-refractivity contribution in [2.45, 2.75) is 0 Å². The van der Waals surface area contributed by atoms with Gasteiger partial charge in [0.2, 0.25) is 0 Å². The quantitative estimate of drug-likeness (QED) is 0.255. The Morgan fingerprint density at radius 3 is 1.84 bits per heavy atom. The zero-order chi connectivity index (χ0) is 24.3. The lowest BCUT2D eigenvalue weighted by atomic mass is 10.0. The molecule has 174 valence electrons. The fourth-order valence-corrected chi connectivity index (χ4v) is 5.59. The third kappa shape index (κ3) is 3.01. The topological polar surface area (TPSA) is 29.5 Å². The van der Waals surface area contributed by atoms with Crippen LogP contribution < -0.4 is 4.90 Å². The summed E-state index contributed by atoms with van der Waals surface area (Å²) in [5.74, 6) is 0. The summed E-state index contributed by atoms with van der Waals surface area (Å²) in [6.07, 6.45) is 0. The highest BCUT2D eigenvalue weighted by molar-refractivity contribution is 6.26. The van der Waals surface area contributed by atoms with E-state index >= 15 is 0 Å². The van der Waals surface area contributed by atoms with Crippen molar-refractivity contribution >= 4 is 71.7 Å². The Balaban J connectivity index is 1.38. The van der Waals surface area contributed by atoms with Gasteiger partial charge in [-0.15, -0.1) is 0 Å². The molecule has 3 nitrogen and oxygen atoms in total. The number of hydrogen-bond donors (Lipinski definition) is 0. The molecule has 2 aromatic heterocycles. The molecule has 0 aliphatic heterocycles. The van der Waals surface area contributed by atoms with Crippen LogP contribution in [0.25, 0.3) is 54.6 Å². The summed E-state index contributed by atoms with van der Waals surface area (Å²) in [5.41, 5.74) is 6.66. The van der Waals surface area contributed by atoms with Gasteiger partial charge in [0.1, 0.15) is 22.3 Å². The van der Waals surface area contributed by atoms with E-state index in [1.54, 1.807) is 0 Å². The number of para-hydroxylation sites is 2. The van der Waals surface area contributed by atoms with E-state index in [0.717, 1.165) is 60.9 Å². The third-order valence-electron chi connectivity index (χ3n) is 7.23. The predicted molar refractivity (Wildman–Crippen MR) is 153 cm³/mol. The van der Waals surface area contributed by atoms with Crippen molar-refractivity contribution in [2.75, 3.05) is 4.90 Å². The predicted octanol–water partition coefficient (Wildman–Crippen LogP) is 10.1. The first-order valence-corrected chi connectivity index (χ1v) is 12.4. The number of anilines is 3. The zero-order valence-corrected chi connectivity index (χ0v) is 19.9. The average molecular weight is 476 g/mol. The summed E-state index contributed by atoms with van der Waals surface area (Å²) in [4.78, 5) is 2.25. The molecular formula is C34H21NO2. The van der Waals surface area contributed by atoms with Gasteiger partial charge in [0.15, 0.2) is 0 Å². The molecule has 0 radical (unpaired) electrons. The van der Waals surface area contributed by atoms with Crippen LogP contribution in [0, 0.1) is 0 Å². The summed E-state index contributed by atoms with van der Waals surface area (Å²) in [7, 11) is 0. The largest absolute Gasteiger partial charge is 0.456 e. The molecular weight excluding hydrogens is 454 g/mol. The third-order valence-corrected chi connectivity index (χ3v) is 7.23. The molecule has 0 aliphatic carbocycles. The number of hydrogen-bond acceptors (Lipinski definition) is 3. The first kappa shape index (κ1) is 20.2. The van der Waals surface area contributed by atoms with Crippen molar-refractivity contribution in [3.05, 3.63) is 127 Å². The lowest BCUT2D eigenvalue weighted by molar-refractivity contribution is 0.663. The fourth-order valence-electron chi connectivity index (χ4n) is 5.59. The second-order valence-electron chi connectivity index (χ2n) is 9.37. The number of rotatable bonds is 3. The molecule has 3 heteroatoms. The Bertz CT molecular complexity index is 2050. The Kier molecular flexibility index (Phi) is 4.23. The lowest BCUT2D eigenvalue weighted by Crippen LogP contribution is -2.09. The van der Waals surface area contributed by atoms with Crippen molar-refractivity contribution in [2.24, 2.45) is 0 Å². The Morgan fingerprint density at radius 2 is 1.05 bits per heavy atom. The number of nitrogens with zero attached hydrogens (tertiary/aromatic N) is 1. The first-order chi connectivity index (χ1) is 18.3. The second-order valence-corrected chi connectivity index (χ2v) is 9.37. The number of fused-ring (bicyclic) bond motifs is 9. The molecule has 0 N–H and O–H groups in total. The van der Waals surface area contributed by atoms with Crippen LogP contribution in [0.2, 0.25) is 0 Å². The maximum Gasteiger partial charge on any atom is 0.147 e. The molecule has 0 saturated heterocycles. The molecule has 0 atom stereocenters. The van der Waals surface area contributed by atoms with Crippen LogP contribution in [-0.4, -0.2) is 0 Å². The summed E-state index contributed by atoms with van der Waals surface area (Å²) in [5, 5.41) is 6.75. The smallest absolute Gasteiger partial charge is 0.147 e. The van der Waals surface area contributed by atoms with Crippen molar-refractivity contribution < 1.29 is 8.83 Å². The maximum absolute atomic E-state index is 6.49. The molecule has 8 aromatic rings. The summed E-state index contributed by atoms with van der Waals surface area (Å²) in [6, 6.07) is 44.1. The van der Waals surface area contributed by atoms with Gasteiger partial charge in [0, 0.05) is 39.3 Å². The highest BCUT2D eigenvalue weighted by Crippen LogP contribution is 2.43. The maximum atomic E-state index is 6.49. The molecule has 37 heavy (non-hydrogen) atoms. The molecule has 0 amide bonds. The Morgan fingerprint density at radius 1 is 0.405 bits per heavy atom. The van der Waals surface area contributed by atoms with Crippen LogP contribution in [0.4, 0.5) is 17.1 Å². The molecule has 2 heterocycles. The summed E-state index contributed by atoms with van der Waals surface area (Å²) >= 11 is 0. The van der Waals surface area contributed by atoms with Crippen LogP contribution in [0.1, 0.15) is 0 Å². The molecule has 0 spiro atoms. The van der Waals surface area contributed by atoms with Crippen molar-refractivity contribution in [3.8, 4) is 0 Å². The van der Waals surface area contributed by atoms with Crippen LogP contribution in [-0.2, 0) is 0 Å². The van der Waals surface area contributed by atoms with E-state index in [0.29, 0.717) is 0 Å². The van der Waals surface area contributed by atoms with Crippen LogP contribution >= 0.6 is 0 Å². The van der Waals surface area contributed by atoms with Crippen molar-refractivity contribution in [1.82, 2.24) is 0 Å². The minimum Gasteiger partial charge on any atom is -0.456 e. The molecule has 0 bridgehead atoms. The van der Waals surface area contributed by atoms with E-state index in [9.17, 15) is 0 Å². The summed E-state index contributed by atoms with van der Waals surface area (Å²) in [6.45, 7) is 0. The van der Waals surface area contributed by atoms with Crippen molar-refractivity contribution in [1.29, 1.82) is 0 Å². The molecule has 0 unspecified atom stereocenters. The van der Waals surface area contributed by atoms with Gasteiger partial charge in [-0.1, -0.05) is 66.7 Å². The SMILES string of the molecule is c1ccc(N(c2ccccc2)c2ccc3c(c2)oc2ccc4c(oc5ccc6ccccc6c54)c23)cc1. The lowest BCUT2D eigenvalue weighted by Gasteiger charge is -2.25. The Labute approximate surface area is 212 Å². The van der Waals surface area contributed by atoms with Gasteiger partial charge in [-0.2, -0.15) is 0 Å². The fraction of sp³-hybridized carbons (Fsp3) is 0. The molecule has 0 aliphatic rings. The van der Waals surface area contributed by atoms with Crippen LogP contribution in [0.5, 0.6) is 0 Å². The minimum atomic E-state index is 0.828. The van der Waals surface area contributed by atoms with Gasteiger partial charge in [0.05, 0.1) is 5.39 Å². The van der Waals surface area contributed by atoms with E-state index < -0.39 is 0 Å². The molecule has 0 fully saturated rings. The number of benzene rings is 6. The van der Waals surface area contributed by atoms with Gasteiger partial charge < -0.3 is 13.7 Å². The van der Waals surface area contributed by atoms with E-state index in [4.69, 9.17) is 8.83 Å². The normalized spacial score (nSPS) is 11.8. The highest BCUT2D eigenvalue weighted by atomic mass is 16.3. The molecule has 8 rings (SSSR count). The van der Waals surface area contributed by atoms with Crippen molar-refractivity contribution in [3.63, 3.8) is 0 Å². The monoisotopic (exact) mass is 475 g/mol. The van der Waals surface area contributed by atoms with Gasteiger partial charge in [-0.3, -0.25) is 0 Å². The van der Waals surface area contributed by atoms with Crippen LogP contribution in [0.15, 0.2) is 136 Å². The van der Waals surface area contributed by atoms with Gasteiger partial charge >= 0.3 is 0 Å². The molecule has 0 saturated carbocycles. The van der Waals surface area contributed by atoms with Gasteiger partial charge in [-0.05, 0) is 65.4 Å². The number of furan rings is 2. The first-order valence-electron chi connectivity index (χ1n) is 12.4. The van der Waals surface area contributed by atoms with E-state index in [-0.39, 0.29) is 0 Å². The van der Waals surface area contributed by atoms with E-state index in [1.165, 1.54) is 10.8 Å². The summed E-state index contributed by atoms with van der Waals surface area (Å²) < 4.78 is 12.9. The zero-order valence-electron chi connectivity index (χ0n) is 19.9. The Hall–Kier alpha value is -5.02. The highest BCUT2D eigenvalue weighted by Gasteiger charge is 2.19. The van der Waals surface area contributed by atoms with E-state index in [2.05, 4.69) is 120 Å². The average Bonchev–Trinajstić information content (AvgIpc) is 3.52. The van der Waals surface area contributed by atoms with E-state index in [1.807, 2.05) is 12.1 Å². The van der Waals surface area contributed by atoms with Gasteiger partial charge in [-0.25, -0.2) is 0 Å². The van der Waals surface area contributed by atoms with Gasteiger partial charge in [0.25, 0.3) is 0 Å². The van der Waals surface area contributed by atoms with Crippen LogP contribution in [0.3, 0.4) is 0 Å². The molecule has 6 aromatic carbocycles. The standard InChI is InChI=1S/C34H21NO2/c1-3-10-23(11-4-1)35(24-12-5-2-6-13-24)25-16-17-27-31(21-25)36-30-20-18-28-32-26-14-8-7-9-22(26)15-19-29(32)37-34(28)33(27)30/h1-21H.